The molecule has 0 spiro atoms. The molecule has 0 bridgehead atoms. The summed E-state index contributed by atoms with van der Waals surface area (Å²) in [4.78, 5) is 6.81. The fraction of sp³-hybridized carbons (Fsp3) is 0.346. The predicted molar refractivity (Wildman–Crippen MR) is 127 cm³/mol. The molecule has 2 aromatic heterocycles. The molecule has 2 heterocycles. The number of benzene rings is 2. The second kappa shape index (κ2) is 9.09. The van der Waals surface area contributed by atoms with Crippen LogP contribution in [0.4, 0.5) is 0 Å². The van der Waals surface area contributed by atoms with Crippen LogP contribution in [0, 0.1) is 20.8 Å². The Bertz CT molecular complexity index is 1150. The van der Waals surface area contributed by atoms with Gasteiger partial charge in [0.15, 0.2) is 0 Å². The molecule has 6 nitrogen and oxygen atoms in total. The monoisotopic (exact) mass is 429 g/mol. The zero-order valence-corrected chi connectivity index (χ0v) is 19.7. The molecular formula is C26H31N5O. The minimum atomic E-state index is 0.287. The Labute approximate surface area is 189 Å². The molecule has 0 radical (unpaired) electrons. The summed E-state index contributed by atoms with van der Waals surface area (Å²) in [6.45, 7) is 13.6. The van der Waals surface area contributed by atoms with E-state index in [2.05, 4.69) is 96.3 Å². The van der Waals surface area contributed by atoms with E-state index >= 15 is 0 Å². The van der Waals surface area contributed by atoms with Crippen LogP contribution in [0.2, 0.25) is 0 Å². The summed E-state index contributed by atoms with van der Waals surface area (Å²) in [5, 5.41) is 11.5. The van der Waals surface area contributed by atoms with Crippen molar-refractivity contribution in [1.82, 2.24) is 25.2 Å². The van der Waals surface area contributed by atoms with E-state index in [-0.39, 0.29) is 6.04 Å². The van der Waals surface area contributed by atoms with Crippen molar-refractivity contribution in [3.8, 4) is 22.5 Å². The van der Waals surface area contributed by atoms with Crippen molar-refractivity contribution in [2.45, 2.75) is 60.2 Å². The van der Waals surface area contributed by atoms with Crippen LogP contribution in [0.1, 0.15) is 55.2 Å². The number of H-pyrrole nitrogens is 1. The molecule has 0 aliphatic rings. The van der Waals surface area contributed by atoms with Gasteiger partial charge in [0, 0.05) is 42.4 Å². The third-order valence-electron chi connectivity index (χ3n) is 6.09. The Morgan fingerprint density at radius 2 is 1.47 bits per heavy atom. The van der Waals surface area contributed by atoms with E-state index in [1.54, 1.807) is 6.92 Å². The van der Waals surface area contributed by atoms with Crippen LogP contribution in [-0.4, -0.2) is 31.3 Å². The third kappa shape index (κ3) is 4.50. The Morgan fingerprint density at radius 1 is 0.875 bits per heavy atom. The maximum Gasteiger partial charge on any atom is 0.223 e. The van der Waals surface area contributed by atoms with Crippen molar-refractivity contribution in [3.05, 3.63) is 76.9 Å². The van der Waals surface area contributed by atoms with Gasteiger partial charge in [-0.15, -0.1) is 0 Å². The molecule has 1 N–H and O–H groups in total. The van der Waals surface area contributed by atoms with Gasteiger partial charge in [0.05, 0.1) is 5.69 Å². The summed E-state index contributed by atoms with van der Waals surface area (Å²) < 4.78 is 5.08. The number of aryl methyl sites for hydroxylation is 3. The highest BCUT2D eigenvalue weighted by Gasteiger charge is 2.23. The minimum Gasteiger partial charge on any atom is -0.339 e. The van der Waals surface area contributed by atoms with Gasteiger partial charge < -0.3 is 4.52 Å². The fourth-order valence-corrected chi connectivity index (χ4v) is 4.35. The topological polar surface area (TPSA) is 70.8 Å². The summed E-state index contributed by atoms with van der Waals surface area (Å²) in [6.07, 6.45) is 0. The molecule has 166 valence electrons. The Balaban J connectivity index is 1.50. The van der Waals surface area contributed by atoms with Crippen LogP contribution in [0.5, 0.6) is 0 Å². The molecule has 2 aromatic carbocycles. The van der Waals surface area contributed by atoms with Gasteiger partial charge >= 0.3 is 0 Å². The molecule has 0 saturated heterocycles. The maximum absolute atomic E-state index is 5.08. The summed E-state index contributed by atoms with van der Waals surface area (Å²) in [7, 11) is 0. The average molecular weight is 430 g/mol. The number of nitrogens with zero attached hydrogens (tertiary/aromatic N) is 4. The van der Waals surface area contributed by atoms with Gasteiger partial charge in [-0.2, -0.15) is 10.1 Å². The zero-order chi connectivity index (χ0) is 22.8. The van der Waals surface area contributed by atoms with Crippen molar-refractivity contribution in [2.75, 3.05) is 0 Å². The number of nitrogens with one attached hydrogen (secondary N) is 1. The summed E-state index contributed by atoms with van der Waals surface area (Å²) in [5.41, 5.74) is 8.13. The molecule has 0 aliphatic heterocycles. The number of hydrogen-bond acceptors (Lipinski definition) is 5. The third-order valence-corrected chi connectivity index (χ3v) is 6.09. The molecule has 0 saturated carbocycles. The lowest BCUT2D eigenvalue weighted by Crippen LogP contribution is -2.33. The van der Waals surface area contributed by atoms with E-state index in [1.165, 1.54) is 22.3 Å². The van der Waals surface area contributed by atoms with Crippen LogP contribution in [-0.2, 0) is 6.54 Å². The number of hydrogen-bond donors (Lipinski definition) is 1. The zero-order valence-electron chi connectivity index (χ0n) is 19.7. The largest absolute Gasteiger partial charge is 0.339 e. The summed E-state index contributed by atoms with van der Waals surface area (Å²) in [6, 6.07) is 17.8. The predicted octanol–water partition coefficient (Wildman–Crippen LogP) is 6.02. The van der Waals surface area contributed by atoms with Gasteiger partial charge in [-0.25, -0.2) is 0 Å². The van der Waals surface area contributed by atoms with E-state index in [4.69, 9.17) is 4.52 Å². The molecule has 0 aliphatic carbocycles. The molecular weight excluding hydrogens is 398 g/mol. The van der Waals surface area contributed by atoms with Crippen molar-refractivity contribution in [3.63, 3.8) is 0 Å². The molecule has 0 amide bonds. The molecule has 4 rings (SSSR count). The van der Waals surface area contributed by atoms with E-state index in [0.29, 0.717) is 17.8 Å². The van der Waals surface area contributed by atoms with E-state index in [1.807, 2.05) is 12.1 Å². The second-order valence-electron chi connectivity index (χ2n) is 8.70. The van der Waals surface area contributed by atoms with Crippen LogP contribution in [0.25, 0.3) is 22.5 Å². The van der Waals surface area contributed by atoms with Crippen LogP contribution in [0.3, 0.4) is 0 Å². The lowest BCUT2D eigenvalue weighted by Gasteiger charge is -2.33. The normalized spacial score (nSPS) is 12.6. The lowest BCUT2D eigenvalue weighted by atomic mass is 10.0. The first-order chi connectivity index (χ1) is 15.3. The summed E-state index contributed by atoms with van der Waals surface area (Å²) >= 11 is 0. The molecule has 32 heavy (non-hydrogen) atoms. The number of aromatic nitrogens is 4. The standard InChI is InChI=1S/C26H31N5O/c1-16(2)31(19(5)25-17(3)28-29-18(25)4)15-21-7-9-22(10-8-21)23-11-13-24(14-12-23)26-27-20(6)32-30-26/h7-14,16,19H,15H2,1-6H3,(H,28,29). The molecule has 1 atom stereocenters. The highest BCUT2D eigenvalue weighted by Crippen LogP contribution is 2.29. The average Bonchev–Trinajstić information content (AvgIpc) is 3.37. The quantitative estimate of drug-likeness (QED) is 0.389. The van der Waals surface area contributed by atoms with Crippen molar-refractivity contribution in [1.29, 1.82) is 0 Å². The van der Waals surface area contributed by atoms with Crippen molar-refractivity contribution >= 4 is 0 Å². The Morgan fingerprint density at radius 3 is 1.97 bits per heavy atom. The smallest absolute Gasteiger partial charge is 0.223 e. The van der Waals surface area contributed by atoms with Gasteiger partial charge in [0.25, 0.3) is 0 Å². The Hall–Kier alpha value is -3.25. The second-order valence-corrected chi connectivity index (χ2v) is 8.70. The van der Waals surface area contributed by atoms with E-state index in [0.717, 1.165) is 23.5 Å². The highest BCUT2D eigenvalue weighted by molar-refractivity contribution is 5.67. The fourth-order valence-electron chi connectivity index (χ4n) is 4.35. The minimum absolute atomic E-state index is 0.287. The number of rotatable bonds is 7. The van der Waals surface area contributed by atoms with Gasteiger partial charge in [-0.05, 0) is 51.3 Å². The number of aromatic amines is 1. The van der Waals surface area contributed by atoms with Crippen LogP contribution >= 0.6 is 0 Å². The van der Waals surface area contributed by atoms with E-state index in [9.17, 15) is 0 Å². The van der Waals surface area contributed by atoms with Crippen molar-refractivity contribution in [2.24, 2.45) is 0 Å². The molecule has 6 heteroatoms. The maximum atomic E-state index is 5.08. The van der Waals surface area contributed by atoms with Gasteiger partial charge in [-0.3, -0.25) is 10.00 Å². The summed E-state index contributed by atoms with van der Waals surface area (Å²) in [5.74, 6) is 1.19. The van der Waals surface area contributed by atoms with E-state index < -0.39 is 0 Å². The first-order valence-corrected chi connectivity index (χ1v) is 11.1. The Kier molecular flexibility index (Phi) is 6.24. The van der Waals surface area contributed by atoms with Crippen LogP contribution < -0.4 is 0 Å². The van der Waals surface area contributed by atoms with Gasteiger partial charge in [0.1, 0.15) is 0 Å². The lowest BCUT2D eigenvalue weighted by molar-refractivity contribution is 0.154. The first-order valence-electron chi connectivity index (χ1n) is 11.1. The molecule has 4 aromatic rings. The highest BCUT2D eigenvalue weighted by atomic mass is 16.5. The molecule has 1 unspecified atom stereocenters. The van der Waals surface area contributed by atoms with Gasteiger partial charge in [-0.1, -0.05) is 53.7 Å². The SMILES string of the molecule is Cc1nc(-c2ccc(-c3ccc(CN(C(C)C)C(C)c4c(C)n[nH]c4C)cc3)cc2)no1. The first kappa shape index (κ1) is 22.0. The van der Waals surface area contributed by atoms with Crippen molar-refractivity contribution < 1.29 is 4.52 Å². The van der Waals surface area contributed by atoms with Crippen LogP contribution in [0.15, 0.2) is 53.1 Å². The van der Waals surface area contributed by atoms with Gasteiger partial charge in [0.2, 0.25) is 11.7 Å². The molecule has 0 fully saturated rings.